The number of hydrogen-bond donors (Lipinski definition) is 2. The highest BCUT2D eigenvalue weighted by molar-refractivity contribution is 6.01. The van der Waals surface area contributed by atoms with Crippen molar-refractivity contribution in [2.45, 2.75) is 32.7 Å². The first-order valence-corrected chi connectivity index (χ1v) is 9.30. The Morgan fingerprint density at radius 1 is 1.14 bits per heavy atom. The second-order valence-corrected chi connectivity index (χ2v) is 7.19. The molecule has 6 heteroatoms. The number of benzene rings is 2. The van der Waals surface area contributed by atoms with Gasteiger partial charge < -0.3 is 15.3 Å². The van der Waals surface area contributed by atoms with Crippen LogP contribution in [0.2, 0.25) is 0 Å². The van der Waals surface area contributed by atoms with Crippen molar-refractivity contribution in [2.75, 3.05) is 11.4 Å². The minimum Gasteiger partial charge on any atom is -0.481 e. The number of nitrogens with one attached hydrogen (secondary N) is 1. The van der Waals surface area contributed by atoms with Crippen LogP contribution in [0.4, 0.5) is 5.69 Å². The smallest absolute Gasteiger partial charge is 0.305 e. The Hall–Kier alpha value is -3.15. The van der Waals surface area contributed by atoms with Crippen molar-refractivity contribution >= 4 is 23.5 Å². The van der Waals surface area contributed by atoms with Crippen LogP contribution in [0.1, 0.15) is 35.6 Å². The fourth-order valence-corrected chi connectivity index (χ4v) is 3.55. The lowest BCUT2D eigenvalue weighted by atomic mass is 10.0. The molecule has 1 fully saturated rings. The number of hydrogen-bond acceptors (Lipinski definition) is 3. The average Bonchev–Trinajstić information content (AvgIpc) is 3.05. The maximum Gasteiger partial charge on any atom is 0.305 e. The van der Waals surface area contributed by atoms with Gasteiger partial charge in [-0.1, -0.05) is 42.5 Å². The van der Waals surface area contributed by atoms with Crippen LogP contribution in [-0.2, 0) is 14.4 Å². The van der Waals surface area contributed by atoms with Gasteiger partial charge in [-0.25, -0.2) is 0 Å². The first-order valence-electron chi connectivity index (χ1n) is 9.30. The largest absolute Gasteiger partial charge is 0.481 e. The van der Waals surface area contributed by atoms with E-state index in [0.717, 1.165) is 22.4 Å². The summed E-state index contributed by atoms with van der Waals surface area (Å²) in [5.41, 5.74) is 3.66. The fraction of sp³-hybridized carbons (Fsp3) is 0.318. The molecular weight excluding hydrogens is 356 g/mol. The number of anilines is 1. The van der Waals surface area contributed by atoms with Gasteiger partial charge in [-0.05, 0) is 36.6 Å². The Kier molecular flexibility index (Phi) is 5.78. The first-order chi connectivity index (χ1) is 13.4. The van der Waals surface area contributed by atoms with Crippen molar-refractivity contribution in [3.8, 4) is 0 Å². The van der Waals surface area contributed by atoms with Crippen LogP contribution in [0.3, 0.4) is 0 Å². The third-order valence-corrected chi connectivity index (χ3v) is 5.26. The van der Waals surface area contributed by atoms with Crippen LogP contribution in [0.15, 0.2) is 48.5 Å². The molecule has 28 heavy (non-hydrogen) atoms. The first kappa shape index (κ1) is 19.6. The SMILES string of the molecule is Cc1cccc(N2CC(C(=O)NC(CC(=O)O)c3ccccc3)CC2=O)c1C. The summed E-state index contributed by atoms with van der Waals surface area (Å²) in [4.78, 5) is 38.2. The average molecular weight is 380 g/mol. The number of carboxylic acid groups (broad SMARTS) is 1. The lowest BCUT2D eigenvalue weighted by molar-refractivity contribution is -0.138. The van der Waals surface area contributed by atoms with Crippen LogP contribution >= 0.6 is 0 Å². The molecule has 2 aromatic carbocycles. The van der Waals surface area contributed by atoms with E-state index < -0.39 is 17.9 Å². The maximum absolute atomic E-state index is 12.8. The van der Waals surface area contributed by atoms with E-state index in [1.165, 1.54) is 0 Å². The highest BCUT2D eigenvalue weighted by Gasteiger charge is 2.36. The van der Waals surface area contributed by atoms with E-state index in [1.54, 1.807) is 29.2 Å². The predicted molar refractivity (Wildman–Crippen MR) is 106 cm³/mol. The summed E-state index contributed by atoms with van der Waals surface area (Å²) in [6.45, 7) is 4.24. The van der Waals surface area contributed by atoms with Crippen molar-refractivity contribution in [1.82, 2.24) is 5.32 Å². The molecule has 1 aliphatic heterocycles. The Balaban J connectivity index is 1.74. The van der Waals surface area contributed by atoms with Gasteiger partial charge in [0.2, 0.25) is 11.8 Å². The Bertz CT molecular complexity index is 895. The number of carbonyl (C=O) groups is 3. The number of nitrogens with zero attached hydrogens (tertiary/aromatic N) is 1. The molecule has 2 atom stereocenters. The molecule has 0 aliphatic carbocycles. The number of carbonyl (C=O) groups excluding carboxylic acids is 2. The van der Waals surface area contributed by atoms with E-state index in [1.807, 2.05) is 38.1 Å². The Labute approximate surface area is 164 Å². The summed E-state index contributed by atoms with van der Waals surface area (Å²) in [7, 11) is 0. The molecule has 1 heterocycles. The van der Waals surface area contributed by atoms with Crippen molar-refractivity contribution in [3.63, 3.8) is 0 Å². The van der Waals surface area contributed by atoms with Gasteiger partial charge >= 0.3 is 5.97 Å². The van der Waals surface area contributed by atoms with Gasteiger partial charge in [0.25, 0.3) is 0 Å². The minimum atomic E-state index is -0.992. The second kappa shape index (κ2) is 8.25. The third-order valence-electron chi connectivity index (χ3n) is 5.26. The molecule has 3 rings (SSSR count). The number of carboxylic acids is 1. The number of rotatable bonds is 6. The molecule has 0 radical (unpaired) electrons. The van der Waals surface area contributed by atoms with Crippen molar-refractivity contribution < 1.29 is 19.5 Å². The zero-order valence-electron chi connectivity index (χ0n) is 16.0. The standard InChI is InChI=1S/C22H24N2O4/c1-14-7-6-10-19(15(14)2)24-13-17(11-20(24)25)22(28)23-18(12-21(26)27)16-8-4-3-5-9-16/h3-10,17-18H,11-13H2,1-2H3,(H,23,28)(H,26,27). The lowest BCUT2D eigenvalue weighted by Crippen LogP contribution is -2.36. The Morgan fingerprint density at radius 3 is 2.54 bits per heavy atom. The van der Waals surface area contributed by atoms with E-state index >= 15 is 0 Å². The molecule has 0 saturated carbocycles. The van der Waals surface area contributed by atoms with Gasteiger partial charge in [0.1, 0.15) is 0 Å². The van der Waals surface area contributed by atoms with Gasteiger partial charge in [-0.2, -0.15) is 0 Å². The van der Waals surface area contributed by atoms with Gasteiger partial charge in [-0.3, -0.25) is 14.4 Å². The Morgan fingerprint density at radius 2 is 1.86 bits per heavy atom. The topological polar surface area (TPSA) is 86.7 Å². The van der Waals surface area contributed by atoms with E-state index in [4.69, 9.17) is 0 Å². The molecule has 1 saturated heterocycles. The summed E-state index contributed by atoms with van der Waals surface area (Å²) >= 11 is 0. The summed E-state index contributed by atoms with van der Waals surface area (Å²) in [6, 6.07) is 14.2. The predicted octanol–water partition coefficient (Wildman–Crippen LogP) is 2.99. The molecule has 6 nitrogen and oxygen atoms in total. The van der Waals surface area contributed by atoms with Gasteiger partial charge in [-0.15, -0.1) is 0 Å². The molecule has 0 bridgehead atoms. The molecule has 2 N–H and O–H groups in total. The summed E-state index contributed by atoms with van der Waals surface area (Å²) in [5, 5.41) is 12.0. The minimum absolute atomic E-state index is 0.0941. The van der Waals surface area contributed by atoms with Gasteiger partial charge in [0, 0.05) is 18.7 Å². The summed E-state index contributed by atoms with van der Waals surface area (Å²) in [6.07, 6.45) is -0.0923. The molecule has 0 aromatic heterocycles. The molecule has 146 valence electrons. The molecular formula is C22H24N2O4. The van der Waals surface area contributed by atoms with Crippen LogP contribution in [0, 0.1) is 19.8 Å². The third kappa shape index (κ3) is 4.22. The highest BCUT2D eigenvalue weighted by atomic mass is 16.4. The van der Waals surface area contributed by atoms with Crippen molar-refractivity contribution in [2.24, 2.45) is 5.92 Å². The van der Waals surface area contributed by atoms with E-state index in [2.05, 4.69) is 5.32 Å². The molecule has 2 aromatic rings. The lowest BCUT2D eigenvalue weighted by Gasteiger charge is -2.22. The monoisotopic (exact) mass is 380 g/mol. The van der Waals surface area contributed by atoms with Crippen molar-refractivity contribution in [3.05, 3.63) is 65.2 Å². The molecule has 2 amide bonds. The molecule has 2 unspecified atom stereocenters. The second-order valence-electron chi connectivity index (χ2n) is 7.19. The zero-order chi connectivity index (χ0) is 20.3. The highest BCUT2D eigenvalue weighted by Crippen LogP contribution is 2.30. The van der Waals surface area contributed by atoms with Gasteiger partial charge in [0.15, 0.2) is 0 Å². The molecule has 0 spiro atoms. The van der Waals surface area contributed by atoms with E-state index in [9.17, 15) is 19.5 Å². The number of aliphatic carboxylic acids is 1. The van der Waals surface area contributed by atoms with Crippen molar-refractivity contribution in [1.29, 1.82) is 0 Å². The van der Waals surface area contributed by atoms with E-state index in [-0.39, 0.29) is 24.7 Å². The maximum atomic E-state index is 12.8. The normalized spacial score (nSPS) is 17.4. The summed E-state index contributed by atoms with van der Waals surface area (Å²) < 4.78 is 0. The zero-order valence-corrected chi connectivity index (χ0v) is 16.0. The van der Waals surface area contributed by atoms with E-state index in [0.29, 0.717) is 6.54 Å². The quantitative estimate of drug-likeness (QED) is 0.807. The van der Waals surface area contributed by atoms with Gasteiger partial charge in [0.05, 0.1) is 18.4 Å². The number of amides is 2. The number of aryl methyl sites for hydroxylation is 1. The van der Waals surface area contributed by atoms with Crippen LogP contribution in [-0.4, -0.2) is 29.4 Å². The summed E-state index contributed by atoms with van der Waals surface area (Å²) in [5.74, 6) is -1.89. The van der Waals surface area contributed by atoms with Crippen LogP contribution in [0.25, 0.3) is 0 Å². The van der Waals surface area contributed by atoms with Crippen LogP contribution < -0.4 is 10.2 Å². The molecule has 1 aliphatic rings. The fourth-order valence-electron chi connectivity index (χ4n) is 3.55. The van der Waals surface area contributed by atoms with Crippen LogP contribution in [0.5, 0.6) is 0 Å².